The topological polar surface area (TPSA) is 58.4 Å². The van der Waals surface area contributed by atoms with Crippen LogP contribution in [-0.2, 0) is 4.79 Å². The summed E-state index contributed by atoms with van der Waals surface area (Å²) in [7, 11) is 0. The minimum atomic E-state index is -0.00636. The van der Waals surface area contributed by atoms with Gasteiger partial charge in [0.05, 0.1) is 12.0 Å². The van der Waals surface area contributed by atoms with Crippen LogP contribution < -0.4 is 11.1 Å². The molecule has 0 spiro atoms. The number of nitrogens with two attached hydrogens (primary N) is 1. The van der Waals surface area contributed by atoms with Crippen molar-refractivity contribution in [2.45, 2.75) is 45.2 Å². The van der Waals surface area contributed by atoms with Crippen molar-refractivity contribution < 1.29 is 4.79 Å². The second kappa shape index (κ2) is 11.7. The smallest absolute Gasteiger partial charge is 0.224 e. The molecule has 4 nitrogen and oxygen atoms in total. The fraction of sp³-hybridized carbons (Fsp3) is 0.611. The second-order valence-corrected chi connectivity index (χ2v) is 6.09. The summed E-state index contributed by atoms with van der Waals surface area (Å²) < 4.78 is 0. The van der Waals surface area contributed by atoms with Crippen LogP contribution in [0.4, 0.5) is 0 Å². The molecule has 1 aliphatic rings. The van der Waals surface area contributed by atoms with E-state index in [2.05, 4.69) is 48.3 Å². The van der Waals surface area contributed by atoms with Crippen molar-refractivity contribution in [3.05, 3.63) is 35.9 Å². The van der Waals surface area contributed by atoms with E-state index in [0.717, 1.165) is 32.4 Å². The minimum absolute atomic E-state index is 0. The third kappa shape index (κ3) is 5.92. The fourth-order valence-corrected chi connectivity index (χ4v) is 3.44. The Balaban J connectivity index is 0.00000264. The summed E-state index contributed by atoms with van der Waals surface area (Å²) in [6.07, 6.45) is 2.96. The van der Waals surface area contributed by atoms with Gasteiger partial charge in [0, 0.05) is 12.6 Å². The number of amides is 1. The Morgan fingerprint density at radius 3 is 2.33 bits per heavy atom. The molecule has 0 aromatic heterocycles. The average Bonchev–Trinajstić information content (AvgIpc) is 2.98. The monoisotopic (exact) mass is 375 g/mol. The summed E-state index contributed by atoms with van der Waals surface area (Å²) in [5.41, 5.74) is 7.29. The van der Waals surface area contributed by atoms with Crippen molar-refractivity contribution in [3.8, 4) is 0 Å². The maximum absolute atomic E-state index is 12.4. The van der Waals surface area contributed by atoms with Gasteiger partial charge in [-0.15, -0.1) is 24.8 Å². The van der Waals surface area contributed by atoms with Crippen molar-refractivity contribution in [2.24, 2.45) is 11.7 Å². The van der Waals surface area contributed by atoms with E-state index < -0.39 is 0 Å². The maximum atomic E-state index is 12.4. The van der Waals surface area contributed by atoms with Crippen LogP contribution in [-0.4, -0.2) is 36.5 Å². The van der Waals surface area contributed by atoms with Crippen LogP contribution in [0.1, 0.15) is 44.7 Å². The lowest BCUT2D eigenvalue weighted by Gasteiger charge is -2.31. The molecule has 1 amide bonds. The number of likely N-dealkylation sites (N-methyl/N-ethyl adjacent to an activating group) is 1. The van der Waals surface area contributed by atoms with Crippen LogP contribution in [0.25, 0.3) is 0 Å². The molecular formula is C18H31Cl2N3O. The van der Waals surface area contributed by atoms with Crippen molar-refractivity contribution in [2.75, 3.05) is 19.6 Å². The summed E-state index contributed by atoms with van der Waals surface area (Å²) in [5.74, 6) is 0.117. The number of rotatable bonds is 7. The standard InChI is InChI=1S/C18H29N3O.2ClH/c1-3-21(4-2)17(14-9-6-5-7-10-14)13-20-18(22)15-11-8-12-16(15)19;;/h5-7,9-10,15-17H,3-4,8,11-13,19H2,1-2H3,(H,20,22);2*1H. The summed E-state index contributed by atoms with van der Waals surface area (Å²) in [6.45, 7) is 6.90. The molecule has 1 fully saturated rings. The number of halogens is 2. The Kier molecular flexibility index (Phi) is 11.3. The molecule has 0 bridgehead atoms. The lowest BCUT2D eigenvalue weighted by molar-refractivity contribution is -0.125. The Morgan fingerprint density at radius 1 is 1.21 bits per heavy atom. The molecule has 0 heterocycles. The van der Waals surface area contributed by atoms with Crippen molar-refractivity contribution in [1.82, 2.24) is 10.2 Å². The normalized spacial score (nSPS) is 20.8. The number of nitrogens with one attached hydrogen (secondary N) is 1. The third-order valence-electron chi connectivity index (χ3n) is 4.81. The van der Waals surface area contributed by atoms with Gasteiger partial charge in [-0.25, -0.2) is 0 Å². The molecule has 1 aromatic rings. The van der Waals surface area contributed by atoms with Gasteiger partial charge in [-0.05, 0) is 31.5 Å². The van der Waals surface area contributed by atoms with Gasteiger partial charge in [0.2, 0.25) is 5.91 Å². The Labute approximate surface area is 158 Å². The van der Waals surface area contributed by atoms with Crippen LogP contribution in [0.2, 0.25) is 0 Å². The van der Waals surface area contributed by atoms with Crippen LogP contribution in [0.5, 0.6) is 0 Å². The minimum Gasteiger partial charge on any atom is -0.354 e. The van der Waals surface area contributed by atoms with Gasteiger partial charge < -0.3 is 11.1 Å². The van der Waals surface area contributed by atoms with Crippen LogP contribution in [0.3, 0.4) is 0 Å². The molecule has 0 radical (unpaired) electrons. The molecule has 1 saturated carbocycles. The Hall–Kier alpha value is -0.810. The van der Waals surface area contributed by atoms with Gasteiger partial charge in [-0.2, -0.15) is 0 Å². The molecule has 3 unspecified atom stereocenters. The summed E-state index contributed by atoms with van der Waals surface area (Å²) >= 11 is 0. The highest BCUT2D eigenvalue weighted by atomic mass is 35.5. The molecule has 6 heteroatoms. The van der Waals surface area contributed by atoms with E-state index >= 15 is 0 Å². The van der Waals surface area contributed by atoms with Crippen LogP contribution in [0, 0.1) is 5.92 Å². The third-order valence-corrected chi connectivity index (χ3v) is 4.81. The van der Waals surface area contributed by atoms with Crippen molar-refractivity contribution >= 4 is 30.7 Å². The average molecular weight is 376 g/mol. The Morgan fingerprint density at radius 2 is 1.83 bits per heavy atom. The van der Waals surface area contributed by atoms with E-state index in [1.807, 2.05) is 6.07 Å². The van der Waals surface area contributed by atoms with E-state index in [1.165, 1.54) is 5.56 Å². The maximum Gasteiger partial charge on any atom is 0.224 e. The largest absolute Gasteiger partial charge is 0.354 e. The first kappa shape index (κ1) is 23.2. The zero-order valence-electron chi connectivity index (χ0n) is 14.6. The fourth-order valence-electron chi connectivity index (χ4n) is 3.44. The van der Waals surface area contributed by atoms with Gasteiger partial charge in [-0.1, -0.05) is 50.6 Å². The first-order chi connectivity index (χ1) is 10.7. The van der Waals surface area contributed by atoms with Gasteiger partial charge in [0.25, 0.3) is 0 Å². The first-order valence-corrected chi connectivity index (χ1v) is 8.49. The van der Waals surface area contributed by atoms with Gasteiger partial charge >= 0.3 is 0 Å². The van der Waals surface area contributed by atoms with Crippen molar-refractivity contribution in [3.63, 3.8) is 0 Å². The summed E-state index contributed by atoms with van der Waals surface area (Å²) in [5, 5.41) is 3.14. The Bertz CT molecular complexity index is 469. The van der Waals surface area contributed by atoms with Crippen molar-refractivity contribution in [1.29, 1.82) is 0 Å². The van der Waals surface area contributed by atoms with E-state index in [9.17, 15) is 4.79 Å². The molecule has 2 rings (SSSR count). The molecule has 1 aromatic carbocycles. The predicted octanol–water partition coefficient (Wildman–Crippen LogP) is 3.16. The van der Waals surface area contributed by atoms with Gasteiger partial charge in [0.15, 0.2) is 0 Å². The van der Waals surface area contributed by atoms with E-state index in [0.29, 0.717) is 6.54 Å². The zero-order chi connectivity index (χ0) is 15.9. The number of nitrogens with zero attached hydrogens (tertiary/aromatic N) is 1. The van der Waals surface area contributed by atoms with Gasteiger partial charge in [0.1, 0.15) is 0 Å². The molecule has 24 heavy (non-hydrogen) atoms. The first-order valence-electron chi connectivity index (χ1n) is 8.49. The predicted molar refractivity (Wildman–Crippen MR) is 105 cm³/mol. The van der Waals surface area contributed by atoms with Gasteiger partial charge in [-0.3, -0.25) is 9.69 Å². The molecule has 138 valence electrons. The highest BCUT2D eigenvalue weighted by Gasteiger charge is 2.30. The quantitative estimate of drug-likeness (QED) is 0.769. The highest BCUT2D eigenvalue weighted by molar-refractivity contribution is 5.85. The molecular weight excluding hydrogens is 345 g/mol. The lowest BCUT2D eigenvalue weighted by Crippen LogP contribution is -2.43. The molecule has 0 saturated heterocycles. The number of carbonyl (C=O) groups is 1. The summed E-state index contributed by atoms with van der Waals surface area (Å²) in [6, 6.07) is 10.7. The number of benzene rings is 1. The SMILES string of the molecule is CCN(CC)C(CNC(=O)C1CCCC1N)c1ccccc1.Cl.Cl. The van der Waals surface area contributed by atoms with E-state index in [-0.39, 0.29) is 48.7 Å². The highest BCUT2D eigenvalue weighted by Crippen LogP contribution is 2.25. The summed E-state index contributed by atoms with van der Waals surface area (Å²) in [4.78, 5) is 14.8. The number of hydrogen-bond donors (Lipinski definition) is 2. The van der Waals surface area contributed by atoms with Crippen LogP contribution >= 0.6 is 24.8 Å². The molecule has 1 aliphatic carbocycles. The molecule has 3 atom stereocenters. The van der Waals surface area contributed by atoms with Crippen LogP contribution in [0.15, 0.2) is 30.3 Å². The lowest BCUT2D eigenvalue weighted by atomic mass is 10.0. The number of hydrogen-bond acceptors (Lipinski definition) is 3. The van der Waals surface area contributed by atoms with E-state index in [1.54, 1.807) is 0 Å². The van der Waals surface area contributed by atoms with E-state index in [4.69, 9.17) is 5.73 Å². The number of carbonyl (C=O) groups excluding carboxylic acids is 1. The molecule has 3 N–H and O–H groups in total. The molecule has 0 aliphatic heterocycles. The second-order valence-electron chi connectivity index (χ2n) is 6.09. The zero-order valence-corrected chi connectivity index (χ0v) is 16.2.